The van der Waals surface area contributed by atoms with Crippen LogP contribution in [0.5, 0.6) is 0 Å². The molecule has 5 N–H and O–H groups in total. The van der Waals surface area contributed by atoms with Crippen LogP contribution in [0.1, 0.15) is 73.1 Å². The maximum Gasteiger partial charge on any atom is 0.329 e. The molecule has 18 nitrogen and oxygen atoms in total. The third kappa shape index (κ3) is 7.38. The standard InChI is InChI=1S/C39H45FN12O6/c1-41-27-20-31(47-52-30(21-43-34(27)52)36(55)45-26-19-24(26)40)44-25-9-6-16-50(37(25)56)23-13-17-49(18-14-23)38(57)42-15-4-3-7-22-8-5-10-28-33(22)48(2)39(58)51(28)29-11-12-32(53)46-35(29)54/h5-6,8-10,16,20-21,23-24,26,29,41H,3-4,7,11-15,17-19H2,1-2H3,(H,42,57)(H,44,47)(H,45,55)(H,46,53,54)/t24-,26+,29?/m0/s1. The number of hydrogen-bond donors (Lipinski definition) is 5. The van der Waals surface area contributed by atoms with E-state index in [1.807, 2.05) is 18.2 Å². The maximum atomic E-state index is 13.7. The van der Waals surface area contributed by atoms with E-state index in [2.05, 4.69) is 36.7 Å². The number of nitrogens with one attached hydrogen (secondary N) is 5. The number of unbranched alkanes of at least 4 members (excludes halogenated alkanes) is 1. The highest BCUT2D eigenvalue weighted by atomic mass is 19.1. The van der Waals surface area contributed by atoms with Crippen molar-refractivity contribution in [3.8, 4) is 0 Å². The highest BCUT2D eigenvalue weighted by Gasteiger charge is 2.39. The molecule has 58 heavy (non-hydrogen) atoms. The first-order valence-electron chi connectivity index (χ1n) is 19.6. The number of benzene rings is 1. The summed E-state index contributed by atoms with van der Waals surface area (Å²) in [4.78, 5) is 83.2. The van der Waals surface area contributed by atoms with E-state index >= 15 is 0 Å². The molecule has 1 aromatic carbocycles. The van der Waals surface area contributed by atoms with Gasteiger partial charge in [0.2, 0.25) is 11.8 Å². The number of aryl methyl sites for hydroxylation is 2. The number of rotatable bonds is 12. The second-order valence-electron chi connectivity index (χ2n) is 15.0. The summed E-state index contributed by atoms with van der Waals surface area (Å²) >= 11 is 0. The number of para-hydroxylation sites is 1. The summed E-state index contributed by atoms with van der Waals surface area (Å²) in [5.74, 6) is -1.00. The molecule has 0 spiro atoms. The zero-order valence-corrected chi connectivity index (χ0v) is 32.2. The molecule has 3 aliphatic rings. The van der Waals surface area contributed by atoms with Gasteiger partial charge in [0, 0.05) is 64.9 Å². The Morgan fingerprint density at radius 1 is 1.02 bits per heavy atom. The Morgan fingerprint density at radius 2 is 1.81 bits per heavy atom. The third-order valence-electron chi connectivity index (χ3n) is 11.2. The van der Waals surface area contributed by atoms with Gasteiger partial charge in [-0.25, -0.2) is 23.5 Å². The molecule has 4 aromatic heterocycles. The maximum absolute atomic E-state index is 13.7. The summed E-state index contributed by atoms with van der Waals surface area (Å²) in [5.41, 5.74) is 3.19. The van der Waals surface area contributed by atoms with Crippen LogP contribution in [-0.4, -0.2) is 95.8 Å². The predicted octanol–water partition coefficient (Wildman–Crippen LogP) is 2.52. The number of piperidine rings is 2. The Bertz CT molecular complexity index is 2550. The summed E-state index contributed by atoms with van der Waals surface area (Å²) in [5, 5.41) is 18.7. The Kier molecular flexibility index (Phi) is 10.4. The van der Waals surface area contributed by atoms with Crippen LogP contribution in [0.15, 0.2) is 58.4 Å². The average molecular weight is 797 g/mol. The van der Waals surface area contributed by atoms with Crippen molar-refractivity contribution >= 4 is 57.6 Å². The molecule has 0 bridgehead atoms. The molecule has 5 aromatic rings. The molecular formula is C39H45FN12O6. The number of anilines is 3. The van der Waals surface area contributed by atoms with Crippen molar-refractivity contribution in [3.63, 3.8) is 0 Å². The second-order valence-corrected chi connectivity index (χ2v) is 15.0. The van der Waals surface area contributed by atoms with E-state index in [1.165, 1.54) is 15.3 Å². The van der Waals surface area contributed by atoms with Gasteiger partial charge in [-0.2, -0.15) is 0 Å². The number of carbonyl (C=O) groups excluding carboxylic acids is 4. The lowest BCUT2D eigenvalue weighted by Gasteiger charge is -2.33. The van der Waals surface area contributed by atoms with Gasteiger partial charge in [0.1, 0.15) is 17.9 Å². The van der Waals surface area contributed by atoms with Gasteiger partial charge < -0.3 is 30.7 Å². The molecule has 6 heterocycles. The zero-order valence-electron chi connectivity index (χ0n) is 32.2. The van der Waals surface area contributed by atoms with Crippen LogP contribution in [0.3, 0.4) is 0 Å². The summed E-state index contributed by atoms with van der Waals surface area (Å²) in [6.45, 7) is 1.41. The zero-order chi connectivity index (χ0) is 40.7. The second kappa shape index (κ2) is 15.8. The predicted molar refractivity (Wildman–Crippen MR) is 212 cm³/mol. The SMILES string of the molecule is CNc1cc(Nc2cccn(C3CCN(C(=O)NCCCCc4cccc5c4n(C)c(=O)n5C4CCC(=O)NC4=O)CC3)c2=O)nn2c(C(=O)N[C@@H]3C[C@@H]3F)cnc12. The van der Waals surface area contributed by atoms with Crippen molar-refractivity contribution in [1.29, 1.82) is 0 Å². The van der Waals surface area contributed by atoms with Crippen LogP contribution in [0, 0.1) is 0 Å². The molecule has 3 fully saturated rings. The van der Waals surface area contributed by atoms with Gasteiger partial charge in [-0.3, -0.25) is 33.6 Å². The first-order chi connectivity index (χ1) is 28.0. The number of halogens is 1. The first-order valence-corrected chi connectivity index (χ1v) is 19.6. The number of likely N-dealkylation sites (tertiary alicyclic amines) is 1. The number of fused-ring (bicyclic) bond motifs is 2. The summed E-state index contributed by atoms with van der Waals surface area (Å²) in [7, 11) is 3.39. The van der Waals surface area contributed by atoms with Crippen LogP contribution >= 0.6 is 0 Å². The van der Waals surface area contributed by atoms with Crippen molar-refractivity contribution in [2.24, 2.45) is 7.05 Å². The molecule has 19 heteroatoms. The fraction of sp³-hybridized carbons (Fsp3) is 0.436. The quantitative estimate of drug-likeness (QED) is 0.0920. The fourth-order valence-electron chi connectivity index (χ4n) is 8.00. The number of pyridine rings is 1. The van der Waals surface area contributed by atoms with Crippen molar-refractivity contribution in [2.45, 2.75) is 75.7 Å². The summed E-state index contributed by atoms with van der Waals surface area (Å²) in [6, 6.07) is 9.20. The Morgan fingerprint density at radius 3 is 2.55 bits per heavy atom. The number of imide groups is 1. The van der Waals surface area contributed by atoms with E-state index < -0.39 is 30.1 Å². The summed E-state index contributed by atoms with van der Waals surface area (Å²) < 4.78 is 19.5. The molecule has 1 aliphatic carbocycles. The number of hydrogen-bond acceptors (Lipinski definition) is 10. The fourth-order valence-corrected chi connectivity index (χ4v) is 8.00. The van der Waals surface area contributed by atoms with E-state index in [-0.39, 0.29) is 59.9 Å². The lowest BCUT2D eigenvalue weighted by Crippen LogP contribution is -2.45. The molecule has 0 radical (unpaired) electrons. The van der Waals surface area contributed by atoms with Crippen LogP contribution in [0.2, 0.25) is 0 Å². The van der Waals surface area contributed by atoms with Crippen molar-refractivity contribution < 1.29 is 23.6 Å². The Labute approximate surface area is 330 Å². The van der Waals surface area contributed by atoms with Gasteiger partial charge in [0.25, 0.3) is 11.5 Å². The van der Waals surface area contributed by atoms with E-state index in [0.717, 1.165) is 17.5 Å². The normalized spacial score (nSPS) is 19.6. The molecule has 1 unspecified atom stereocenters. The molecule has 8 rings (SSSR count). The third-order valence-corrected chi connectivity index (χ3v) is 11.2. The van der Waals surface area contributed by atoms with E-state index in [0.29, 0.717) is 68.0 Å². The highest BCUT2D eigenvalue weighted by molar-refractivity contribution is 6.00. The minimum Gasteiger partial charge on any atom is -0.385 e. The number of amides is 5. The summed E-state index contributed by atoms with van der Waals surface area (Å²) in [6.07, 6.45) is 6.08. The Hall–Kier alpha value is -6.53. The minimum atomic E-state index is -1.06. The van der Waals surface area contributed by atoms with Crippen LogP contribution in [0.4, 0.5) is 26.4 Å². The van der Waals surface area contributed by atoms with Crippen molar-refractivity contribution in [2.75, 3.05) is 37.3 Å². The van der Waals surface area contributed by atoms with Gasteiger partial charge in [0.15, 0.2) is 17.2 Å². The number of nitrogens with zero attached hydrogens (tertiary/aromatic N) is 7. The van der Waals surface area contributed by atoms with Crippen LogP contribution in [0.25, 0.3) is 16.7 Å². The van der Waals surface area contributed by atoms with Crippen LogP contribution in [-0.2, 0) is 23.1 Å². The number of imidazole rings is 2. The molecule has 1 saturated carbocycles. The number of alkyl halides is 1. The largest absolute Gasteiger partial charge is 0.385 e. The van der Waals surface area contributed by atoms with Crippen molar-refractivity contribution in [1.82, 2.24) is 49.1 Å². The molecular weight excluding hydrogens is 752 g/mol. The smallest absolute Gasteiger partial charge is 0.329 e. The molecule has 2 aliphatic heterocycles. The van der Waals surface area contributed by atoms with E-state index in [9.17, 15) is 33.2 Å². The average Bonchev–Trinajstić information content (AvgIpc) is 3.62. The number of carbonyl (C=O) groups is 4. The van der Waals surface area contributed by atoms with Gasteiger partial charge in [-0.1, -0.05) is 12.1 Å². The molecule has 2 saturated heterocycles. The molecule has 5 amide bonds. The lowest BCUT2D eigenvalue weighted by molar-refractivity contribution is -0.135. The Balaban J connectivity index is 0.842. The topological polar surface area (TPSA) is 211 Å². The monoisotopic (exact) mass is 796 g/mol. The van der Waals surface area contributed by atoms with Gasteiger partial charge in [0.05, 0.1) is 29.0 Å². The number of urea groups is 1. The van der Waals surface area contributed by atoms with Gasteiger partial charge in [-0.05, 0) is 62.3 Å². The minimum absolute atomic E-state index is 0.129. The van der Waals surface area contributed by atoms with Crippen LogP contribution < -0.4 is 37.8 Å². The lowest BCUT2D eigenvalue weighted by atomic mass is 10.0. The van der Waals surface area contributed by atoms with Gasteiger partial charge >= 0.3 is 11.7 Å². The molecule has 3 atom stereocenters. The van der Waals surface area contributed by atoms with Crippen molar-refractivity contribution in [3.05, 3.63) is 80.9 Å². The van der Waals surface area contributed by atoms with Gasteiger partial charge in [-0.15, -0.1) is 5.10 Å². The first kappa shape index (κ1) is 38.3. The molecule has 304 valence electrons. The number of aromatic nitrogens is 6. The highest BCUT2D eigenvalue weighted by Crippen LogP contribution is 2.28. The van der Waals surface area contributed by atoms with E-state index in [4.69, 9.17) is 0 Å². The van der Waals surface area contributed by atoms with E-state index in [1.54, 1.807) is 52.5 Å².